The fourth-order valence-electron chi connectivity index (χ4n) is 1.90. The minimum Gasteiger partial charge on any atom is -0.396 e. The van der Waals surface area contributed by atoms with Crippen LogP contribution < -0.4 is 5.73 Å². The summed E-state index contributed by atoms with van der Waals surface area (Å²) in [6, 6.07) is 6.88. The van der Waals surface area contributed by atoms with E-state index in [0.29, 0.717) is 17.1 Å². The standard InChI is InChI=1S/C14H9F3N4/c15-9-5-8(6-10(16)13(9)17)21-7-11(18)14(20-21)12-3-1-2-4-19-12/h1-7H,18H2. The molecule has 0 aliphatic rings. The number of nitrogens with two attached hydrogens (primary N) is 1. The maximum Gasteiger partial charge on any atom is 0.194 e. The summed E-state index contributed by atoms with van der Waals surface area (Å²) in [5.74, 6) is -4.11. The summed E-state index contributed by atoms with van der Waals surface area (Å²) in [5, 5.41) is 4.14. The van der Waals surface area contributed by atoms with Crippen LogP contribution in [0.3, 0.4) is 0 Å². The lowest BCUT2D eigenvalue weighted by Crippen LogP contribution is -2.00. The Kier molecular flexibility index (Phi) is 3.09. The summed E-state index contributed by atoms with van der Waals surface area (Å²) < 4.78 is 40.6. The van der Waals surface area contributed by atoms with Crippen LogP contribution in [0.25, 0.3) is 17.1 Å². The number of aromatic nitrogens is 3. The van der Waals surface area contributed by atoms with E-state index in [9.17, 15) is 13.2 Å². The molecule has 0 aliphatic carbocycles. The highest BCUT2D eigenvalue weighted by molar-refractivity contribution is 5.69. The molecule has 7 heteroatoms. The van der Waals surface area contributed by atoms with Gasteiger partial charge in [0, 0.05) is 18.3 Å². The summed E-state index contributed by atoms with van der Waals surface area (Å²) in [5.41, 5.74) is 7.05. The van der Waals surface area contributed by atoms with Crippen LogP contribution >= 0.6 is 0 Å². The van der Waals surface area contributed by atoms with Gasteiger partial charge in [-0.3, -0.25) is 4.98 Å². The molecule has 0 spiro atoms. The van der Waals surface area contributed by atoms with Gasteiger partial charge < -0.3 is 5.73 Å². The molecule has 106 valence electrons. The quantitative estimate of drug-likeness (QED) is 0.738. The molecule has 0 amide bonds. The van der Waals surface area contributed by atoms with E-state index in [1.165, 1.54) is 10.9 Å². The highest BCUT2D eigenvalue weighted by atomic mass is 19.2. The largest absolute Gasteiger partial charge is 0.396 e. The van der Waals surface area contributed by atoms with Crippen molar-refractivity contribution in [2.45, 2.75) is 0 Å². The Morgan fingerprint density at radius 2 is 1.76 bits per heavy atom. The second kappa shape index (κ2) is 4.93. The van der Waals surface area contributed by atoms with Crippen molar-refractivity contribution >= 4 is 5.69 Å². The molecule has 0 saturated carbocycles. The molecule has 3 aromatic rings. The predicted molar refractivity (Wildman–Crippen MR) is 71.1 cm³/mol. The van der Waals surface area contributed by atoms with Crippen molar-refractivity contribution in [3.8, 4) is 17.1 Å². The maximum absolute atomic E-state index is 13.3. The van der Waals surface area contributed by atoms with E-state index in [1.807, 2.05) is 0 Å². The van der Waals surface area contributed by atoms with Gasteiger partial charge in [-0.05, 0) is 12.1 Å². The Hall–Kier alpha value is -2.83. The van der Waals surface area contributed by atoms with Crippen LogP contribution in [-0.4, -0.2) is 14.8 Å². The molecule has 3 rings (SSSR count). The van der Waals surface area contributed by atoms with Gasteiger partial charge in [0.1, 0.15) is 5.69 Å². The van der Waals surface area contributed by atoms with Gasteiger partial charge in [-0.25, -0.2) is 17.9 Å². The zero-order chi connectivity index (χ0) is 15.0. The SMILES string of the molecule is Nc1cn(-c2cc(F)c(F)c(F)c2)nc1-c1ccccn1. The number of halogens is 3. The first-order chi connectivity index (χ1) is 10.1. The van der Waals surface area contributed by atoms with Crippen molar-refractivity contribution in [2.75, 3.05) is 5.73 Å². The summed E-state index contributed by atoms with van der Waals surface area (Å²) >= 11 is 0. The fraction of sp³-hybridized carbons (Fsp3) is 0. The topological polar surface area (TPSA) is 56.7 Å². The lowest BCUT2D eigenvalue weighted by atomic mass is 10.2. The molecule has 2 aromatic heterocycles. The molecule has 2 heterocycles. The van der Waals surface area contributed by atoms with Crippen LogP contribution in [0.2, 0.25) is 0 Å². The molecular weight excluding hydrogens is 281 g/mol. The maximum atomic E-state index is 13.3. The van der Waals surface area contributed by atoms with Crippen molar-refractivity contribution in [1.82, 2.24) is 14.8 Å². The number of rotatable bonds is 2. The smallest absolute Gasteiger partial charge is 0.194 e. The van der Waals surface area contributed by atoms with Crippen LogP contribution in [0.4, 0.5) is 18.9 Å². The molecule has 0 unspecified atom stereocenters. The third-order valence-corrected chi connectivity index (χ3v) is 2.88. The van der Waals surface area contributed by atoms with E-state index in [4.69, 9.17) is 5.73 Å². The van der Waals surface area contributed by atoms with Crippen molar-refractivity contribution in [3.63, 3.8) is 0 Å². The minimum atomic E-state index is -1.52. The lowest BCUT2D eigenvalue weighted by Gasteiger charge is -2.03. The Morgan fingerprint density at radius 1 is 1.05 bits per heavy atom. The second-order valence-electron chi connectivity index (χ2n) is 4.32. The van der Waals surface area contributed by atoms with E-state index >= 15 is 0 Å². The van der Waals surface area contributed by atoms with Gasteiger partial charge in [-0.1, -0.05) is 6.07 Å². The number of hydrogen-bond donors (Lipinski definition) is 1. The number of pyridine rings is 1. The van der Waals surface area contributed by atoms with Crippen molar-refractivity contribution in [3.05, 3.63) is 60.2 Å². The summed E-state index contributed by atoms with van der Waals surface area (Å²) in [7, 11) is 0. The third-order valence-electron chi connectivity index (χ3n) is 2.88. The Balaban J connectivity index is 2.10. The molecule has 21 heavy (non-hydrogen) atoms. The van der Waals surface area contributed by atoms with Gasteiger partial charge in [0.05, 0.1) is 23.3 Å². The Morgan fingerprint density at radius 3 is 2.38 bits per heavy atom. The molecular formula is C14H9F3N4. The first kappa shape index (κ1) is 13.2. The zero-order valence-electron chi connectivity index (χ0n) is 10.6. The number of anilines is 1. The molecule has 4 nitrogen and oxygen atoms in total. The predicted octanol–water partition coefficient (Wildman–Crippen LogP) is 2.93. The van der Waals surface area contributed by atoms with Gasteiger partial charge in [0.25, 0.3) is 0 Å². The number of hydrogen-bond acceptors (Lipinski definition) is 3. The van der Waals surface area contributed by atoms with Crippen molar-refractivity contribution in [1.29, 1.82) is 0 Å². The molecule has 0 saturated heterocycles. The minimum absolute atomic E-state index is 0.0280. The van der Waals surface area contributed by atoms with Crippen molar-refractivity contribution in [2.24, 2.45) is 0 Å². The van der Waals surface area contributed by atoms with E-state index in [2.05, 4.69) is 10.1 Å². The average Bonchev–Trinajstić information content (AvgIpc) is 2.87. The molecule has 1 aromatic carbocycles. The van der Waals surface area contributed by atoms with Gasteiger partial charge >= 0.3 is 0 Å². The van der Waals surface area contributed by atoms with Crippen LogP contribution in [0.1, 0.15) is 0 Å². The lowest BCUT2D eigenvalue weighted by molar-refractivity contribution is 0.446. The Bertz CT molecular complexity index is 776. The number of benzene rings is 1. The number of nitrogen functional groups attached to an aromatic ring is 1. The Labute approximate surface area is 117 Å². The highest BCUT2D eigenvalue weighted by Crippen LogP contribution is 2.24. The summed E-state index contributed by atoms with van der Waals surface area (Å²) in [6.45, 7) is 0. The van der Waals surface area contributed by atoms with Gasteiger partial charge in [0.15, 0.2) is 17.5 Å². The summed E-state index contributed by atoms with van der Waals surface area (Å²) in [4.78, 5) is 4.10. The molecule has 2 N–H and O–H groups in total. The van der Waals surface area contributed by atoms with E-state index in [-0.39, 0.29) is 5.69 Å². The molecule has 0 aliphatic heterocycles. The zero-order valence-corrected chi connectivity index (χ0v) is 10.6. The van der Waals surface area contributed by atoms with Gasteiger partial charge in [0.2, 0.25) is 0 Å². The van der Waals surface area contributed by atoms with Crippen LogP contribution in [0.15, 0.2) is 42.7 Å². The molecule has 0 bridgehead atoms. The van der Waals surface area contributed by atoms with Gasteiger partial charge in [-0.15, -0.1) is 0 Å². The fourth-order valence-corrected chi connectivity index (χ4v) is 1.90. The third kappa shape index (κ3) is 2.33. The first-order valence-electron chi connectivity index (χ1n) is 5.97. The summed E-state index contributed by atoms with van der Waals surface area (Å²) in [6.07, 6.45) is 2.96. The van der Waals surface area contributed by atoms with Gasteiger partial charge in [-0.2, -0.15) is 5.10 Å². The molecule has 0 fully saturated rings. The van der Waals surface area contributed by atoms with Crippen molar-refractivity contribution < 1.29 is 13.2 Å². The van der Waals surface area contributed by atoms with Crippen LogP contribution in [0.5, 0.6) is 0 Å². The number of nitrogens with zero attached hydrogens (tertiary/aromatic N) is 3. The molecule has 0 radical (unpaired) electrons. The van der Waals surface area contributed by atoms with E-state index < -0.39 is 17.5 Å². The average molecular weight is 290 g/mol. The van der Waals surface area contributed by atoms with E-state index in [1.54, 1.807) is 24.4 Å². The second-order valence-corrected chi connectivity index (χ2v) is 4.32. The van der Waals surface area contributed by atoms with E-state index in [0.717, 1.165) is 12.1 Å². The molecule has 0 atom stereocenters. The van der Waals surface area contributed by atoms with Crippen LogP contribution in [-0.2, 0) is 0 Å². The highest BCUT2D eigenvalue weighted by Gasteiger charge is 2.15. The van der Waals surface area contributed by atoms with Crippen LogP contribution in [0, 0.1) is 17.5 Å². The first-order valence-corrected chi connectivity index (χ1v) is 5.97. The monoisotopic (exact) mass is 290 g/mol. The normalized spacial score (nSPS) is 10.8.